The van der Waals surface area contributed by atoms with Crippen molar-refractivity contribution in [2.45, 2.75) is 6.92 Å². The summed E-state index contributed by atoms with van der Waals surface area (Å²) in [5.74, 6) is -3.05. The molecule has 2 aromatic carbocycles. The molecule has 0 fully saturated rings. The third kappa shape index (κ3) is 3.31. The number of Topliss-reactive ketones (excluding diaryl/α,β-unsaturated/α-hetero) is 1. The summed E-state index contributed by atoms with van der Waals surface area (Å²) in [6.07, 6.45) is 2.54. The predicted octanol–water partition coefficient (Wildman–Crippen LogP) is 4.22. The number of ketones is 2. The third-order valence-corrected chi connectivity index (χ3v) is 4.10. The van der Waals surface area contributed by atoms with Crippen LogP contribution >= 0.6 is 0 Å². The quantitative estimate of drug-likeness (QED) is 0.427. The number of allylic oxidation sites excluding steroid dienone is 1. The van der Waals surface area contributed by atoms with Crippen LogP contribution in [0.2, 0.25) is 0 Å². The number of nitriles is 1. The molecule has 0 aliphatic carbocycles. The van der Waals surface area contributed by atoms with Crippen LogP contribution in [0.1, 0.15) is 21.6 Å². The summed E-state index contributed by atoms with van der Waals surface area (Å²) < 4.78 is 13.2. The molecule has 1 aromatic heterocycles. The van der Waals surface area contributed by atoms with Gasteiger partial charge in [-0.15, -0.1) is 0 Å². The van der Waals surface area contributed by atoms with Gasteiger partial charge in [-0.05, 0) is 36.8 Å². The van der Waals surface area contributed by atoms with E-state index in [9.17, 15) is 19.2 Å². The summed E-state index contributed by atoms with van der Waals surface area (Å²) in [4.78, 5) is 28.3. The molecule has 4 nitrogen and oxygen atoms in total. The third-order valence-electron chi connectivity index (χ3n) is 4.10. The molecule has 5 heteroatoms. The van der Waals surface area contributed by atoms with E-state index in [4.69, 9.17) is 0 Å². The van der Waals surface area contributed by atoms with Crippen LogP contribution in [-0.2, 0) is 4.79 Å². The molecule has 0 aliphatic heterocycles. The second kappa shape index (κ2) is 7.16. The summed E-state index contributed by atoms with van der Waals surface area (Å²) in [6.45, 7) is 1.73. The van der Waals surface area contributed by atoms with Crippen molar-refractivity contribution in [2.75, 3.05) is 0 Å². The van der Waals surface area contributed by atoms with E-state index in [2.05, 4.69) is 4.98 Å². The molecule has 1 heterocycles. The maximum Gasteiger partial charge on any atom is 0.190 e. The summed E-state index contributed by atoms with van der Waals surface area (Å²) >= 11 is 0. The Hall–Kier alpha value is -3.52. The van der Waals surface area contributed by atoms with Crippen LogP contribution < -0.4 is 0 Å². The van der Waals surface area contributed by atoms with E-state index in [1.165, 1.54) is 24.3 Å². The van der Waals surface area contributed by atoms with Gasteiger partial charge in [0, 0.05) is 22.2 Å². The highest BCUT2D eigenvalue weighted by molar-refractivity contribution is 6.21. The van der Waals surface area contributed by atoms with E-state index in [-0.39, 0.29) is 0 Å². The van der Waals surface area contributed by atoms with Crippen molar-refractivity contribution in [3.05, 3.63) is 77.2 Å². The van der Waals surface area contributed by atoms with Gasteiger partial charge in [0.2, 0.25) is 0 Å². The zero-order valence-electron chi connectivity index (χ0n) is 14.0. The Morgan fingerprint density at radius 3 is 2.69 bits per heavy atom. The maximum atomic E-state index is 13.2. The standard InChI is InChI=1S/C21H15FN2O2/c1-13-20(16-7-2-3-8-18(16)24-13)21(26)17(12-23)19(25)10-9-14-5-4-6-15(22)11-14/h2-11,17,24H,1H3. The molecule has 3 aromatic rings. The van der Waals surface area contributed by atoms with Crippen molar-refractivity contribution < 1.29 is 14.0 Å². The molecule has 3 rings (SSSR count). The SMILES string of the molecule is Cc1[nH]c2ccccc2c1C(=O)C(C#N)C(=O)C=Cc1cccc(F)c1. The molecule has 128 valence electrons. The summed E-state index contributed by atoms with van der Waals surface area (Å²) in [5, 5.41) is 10.1. The number of aromatic amines is 1. The van der Waals surface area contributed by atoms with Gasteiger partial charge < -0.3 is 4.98 Å². The lowest BCUT2D eigenvalue weighted by atomic mass is 9.92. The molecular formula is C21H15FN2O2. The average Bonchev–Trinajstić information content (AvgIpc) is 2.96. The first-order valence-electron chi connectivity index (χ1n) is 8.00. The Morgan fingerprint density at radius 2 is 1.96 bits per heavy atom. The molecule has 0 saturated heterocycles. The first kappa shape index (κ1) is 17.3. The molecule has 0 radical (unpaired) electrons. The number of para-hydroxylation sites is 1. The highest BCUT2D eigenvalue weighted by atomic mass is 19.1. The molecule has 1 atom stereocenters. The van der Waals surface area contributed by atoms with Gasteiger partial charge in [0.15, 0.2) is 17.5 Å². The molecule has 0 spiro atoms. The Labute approximate surface area is 149 Å². The minimum absolute atomic E-state index is 0.347. The van der Waals surface area contributed by atoms with Gasteiger partial charge in [0.25, 0.3) is 0 Å². The normalized spacial score (nSPS) is 12.2. The first-order valence-corrected chi connectivity index (χ1v) is 8.00. The van der Waals surface area contributed by atoms with Crippen LogP contribution in [0, 0.1) is 30.0 Å². The molecule has 1 unspecified atom stereocenters. The van der Waals surface area contributed by atoms with Gasteiger partial charge in [-0.2, -0.15) is 5.26 Å². The Kier molecular flexibility index (Phi) is 4.76. The van der Waals surface area contributed by atoms with Crippen LogP contribution in [0.5, 0.6) is 0 Å². The van der Waals surface area contributed by atoms with Crippen molar-refractivity contribution in [3.8, 4) is 6.07 Å². The molecule has 0 amide bonds. The maximum absolute atomic E-state index is 13.2. The van der Waals surface area contributed by atoms with Gasteiger partial charge in [-0.3, -0.25) is 9.59 Å². The zero-order chi connectivity index (χ0) is 18.7. The number of H-pyrrole nitrogens is 1. The molecule has 0 saturated carbocycles. The van der Waals surface area contributed by atoms with Crippen molar-refractivity contribution in [1.82, 2.24) is 4.98 Å². The van der Waals surface area contributed by atoms with Crippen molar-refractivity contribution in [2.24, 2.45) is 5.92 Å². The van der Waals surface area contributed by atoms with Gasteiger partial charge in [-0.1, -0.05) is 36.4 Å². The van der Waals surface area contributed by atoms with Gasteiger partial charge in [0.05, 0.1) is 6.07 Å². The highest BCUT2D eigenvalue weighted by Gasteiger charge is 2.29. The van der Waals surface area contributed by atoms with Crippen LogP contribution in [-0.4, -0.2) is 16.6 Å². The Morgan fingerprint density at radius 1 is 1.19 bits per heavy atom. The fraction of sp³-hybridized carbons (Fsp3) is 0.0952. The van der Waals surface area contributed by atoms with Crippen molar-refractivity contribution in [3.63, 3.8) is 0 Å². The molecular weight excluding hydrogens is 331 g/mol. The number of aryl methyl sites for hydroxylation is 1. The number of rotatable bonds is 5. The van der Waals surface area contributed by atoms with E-state index in [1.807, 2.05) is 12.1 Å². The molecule has 0 aliphatic rings. The fourth-order valence-electron chi connectivity index (χ4n) is 2.87. The highest BCUT2D eigenvalue weighted by Crippen LogP contribution is 2.25. The predicted molar refractivity (Wildman–Crippen MR) is 96.9 cm³/mol. The van der Waals surface area contributed by atoms with Crippen LogP contribution in [0.25, 0.3) is 17.0 Å². The Bertz CT molecular complexity index is 1070. The zero-order valence-corrected chi connectivity index (χ0v) is 14.0. The second-order valence-corrected chi connectivity index (χ2v) is 5.89. The minimum atomic E-state index is -1.45. The van der Waals surface area contributed by atoms with Crippen LogP contribution in [0.4, 0.5) is 4.39 Å². The number of fused-ring (bicyclic) bond motifs is 1. The lowest BCUT2D eigenvalue weighted by molar-refractivity contribution is -0.115. The van der Waals surface area contributed by atoms with Gasteiger partial charge in [-0.25, -0.2) is 4.39 Å². The fourth-order valence-corrected chi connectivity index (χ4v) is 2.87. The van der Waals surface area contributed by atoms with Crippen molar-refractivity contribution >= 4 is 28.5 Å². The first-order chi connectivity index (χ1) is 12.5. The number of halogens is 1. The molecule has 0 bridgehead atoms. The smallest absolute Gasteiger partial charge is 0.190 e. The number of carbonyl (C=O) groups excluding carboxylic acids is 2. The number of aromatic nitrogens is 1. The van der Waals surface area contributed by atoms with E-state index in [0.29, 0.717) is 22.2 Å². The number of nitrogens with zero attached hydrogens (tertiary/aromatic N) is 1. The number of carbonyl (C=O) groups is 2. The van der Waals surface area contributed by atoms with E-state index < -0.39 is 23.3 Å². The lowest BCUT2D eigenvalue weighted by Crippen LogP contribution is -2.21. The van der Waals surface area contributed by atoms with Gasteiger partial charge >= 0.3 is 0 Å². The molecule has 26 heavy (non-hydrogen) atoms. The van der Waals surface area contributed by atoms with Crippen LogP contribution in [0.3, 0.4) is 0 Å². The monoisotopic (exact) mass is 346 g/mol. The summed E-state index contributed by atoms with van der Waals surface area (Å²) in [5.41, 5.74) is 2.21. The summed E-state index contributed by atoms with van der Waals surface area (Å²) in [7, 11) is 0. The second-order valence-electron chi connectivity index (χ2n) is 5.89. The Balaban J connectivity index is 1.90. The average molecular weight is 346 g/mol. The van der Waals surface area contributed by atoms with E-state index in [0.717, 1.165) is 11.6 Å². The van der Waals surface area contributed by atoms with Crippen LogP contribution in [0.15, 0.2) is 54.6 Å². The minimum Gasteiger partial charge on any atom is -0.358 e. The number of hydrogen-bond donors (Lipinski definition) is 1. The summed E-state index contributed by atoms with van der Waals surface area (Å²) in [6, 6.07) is 14.7. The largest absolute Gasteiger partial charge is 0.358 e. The topological polar surface area (TPSA) is 73.7 Å². The number of hydrogen-bond acceptors (Lipinski definition) is 3. The lowest BCUT2D eigenvalue weighted by Gasteiger charge is -2.05. The molecule has 1 N–H and O–H groups in total. The van der Waals surface area contributed by atoms with Gasteiger partial charge in [0.1, 0.15) is 5.82 Å². The van der Waals surface area contributed by atoms with E-state index in [1.54, 1.807) is 31.2 Å². The number of nitrogens with one attached hydrogen (secondary N) is 1. The van der Waals surface area contributed by atoms with E-state index >= 15 is 0 Å². The number of benzene rings is 2. The van der Waals surface area contributed by atoms with Crippen molar-refractivity contribution in [1.29, 1.82) is 5.26 Å².